The van der Waals surface area contributed by atoms with Crippen molar-refractivity contribution in [1.29, 1.82) is 0 Å². The van der Waals surface area contributed by atoms with Gasteiger partial charge >= 0.3 is 0 Å². The minimum Gasteiger partial charge on any atom is -0.260 e. The molecule has 0 aliphatic heterocycles. The SMILES string of the molecule is CCN(Cc1cnc(C)c(Br)c1)SC(C)(C)C. The largest absolute Gasteiger partial charge is 0.260 e. The predicted molar refractivity (Wildman–Crippen MR) is 80.1 cm³/mol. The van der Waals surface area contributed by atoms with Gasteiger partial charge in [0.15, 0.2) is 0 Å². The van der Waals surface area contributed by atoms with Gasteiger partial charge in [-0.15, -0.1) is 0 Å². The third-order valence-corrected chi connectivity index (χ3v) is 4.19. The quantitative estimate of drug-likeness (QED) is 0.765. The average Bonchev–Trinajstić information content (AvgIpc) is 2.20. The van der Waals surface area contributed by atoms with Crippen LogP contribution in [0.1, 0.15) is 39.0 Å². The maximum atomic E-state index is 4.38. The number of pyridine rings is 1. The molecular weight excluding hydrogens is 296 g/mol. The predicted octanol–water partition coefficient (Wildman–Crippen LogP) is 4.42. The van der Waals surface area contributed by atoms with Crippen LogP contribution in [0.25, 0.3) is 0 Å². The second kappa shape index (κ2) is 6.21. The molecule has 96 valence electrons. The summed E-state index contributed by atoms with van der Waals surface area (Å²) in [5.74, 6) is 0. The summed E-state index contributed by atoms with van der Waals surface area (Å²) in [6, 6.07) is 2.16. The summed E-state index contributed by atoms with van der Waals surface area (Å²) in [5, 5.41) is 0. The molecule has 0 spiro atoms. The van der Waals surface area contributed by atoms with E-state index in [0.29, 0.717) is 0 Å². The third-order valence-electron chi connectivity index (χ3n) is 2.20. The van der Waals surface area contributed by atoms with Gasteiger partial charge in [0.05, 0.1) is 5.69 Å². The Bertz CT molecular complexity index is 374. The van der Waals surface area contributed by atoms with Crippen molar-refractivity contribution in [2.24, 2.45) is 0 Å². The number of halogens is 1. The van der Waals surface area contributed by atoms with E-state index < -0.39 is 0 Å². The molecule has 0 aromatic carbocycles. The van der Waals surface area contributed by atoms with Crippen LogP contribution in [0.5, 0.6) is 0 Å². The average molecular weight is 317 g/mol. The Kier molecular flexibility index (Phi) is 5.48. The highest BCUT2D eigenvalue weighted by molar-refractivity contribution is 9.10. The monoisotopic (exact) mass is 316 g/mol. The summed E-state index contributed by atoms with van der Waals surface area (Å²) in [6.07, 6.45) is 1.96. The van der Waals surface area contributed by atoms with Gasteiger partial charge in [0.25, 0.3) is 0 Å². The van der Waals surface area contributed by atoms with Crippen molar-refractivity contribution in [3.8, 4) is 0 Å². The summed E-state index contributed by atoms with van der Waals surface area (Å²) in [4.78, 5) is 4.38. The Labute approximate surface area is 117 Å². The number of aromatic nitrogens is 1. The lowest BCUT2D eigenvalue weighted by atomic mass is 10.2. The van der Waals surface area contributed by atoms with Crippen LogP contribution in [0.2, 0.25) is 0 Å². The van der Waals surface area contributed by atoms with Crippen LogP contribution < -0.4 is 0 Å². The molecular formula is C13H21BrN2S. The molecule has 0 N–H and O–H groups in total. The molecule has 2 nitrogen and oxygen atoms in total. The molecule has 0 atom stereocenters. The van der Waals surface area contributed by atoms with Gasteiger partial charge < -0.3 is 0 Å². The first kappa shape index (κ1) is 15.0. The highest BCUT2D eigenvalue weighted by Crippen LogP contribution is 2.29. The molecule has 1 rings (SSSR count). The fourth-order valence-electron chi connectivity index (χ4n) is 1.43. The Morgan fingerprint density at radius 2 is 2.06 bits per heavy atom. The van der Waals surface area contributed by atoms with Crippen LogP contribution in [-0.2, 0) is 6.54 Å². The standard InChI is InChI=1S/C13H21BrN2S/c1-6-16(17-13(3,4)5)9-11-7-12(14)10(2)15-8-11/h7-8H,6,9H2,1-5H3. The van der Waals surface area contributed by atoms with E-state index in [1.54, 1.807) is 0 Å². The first-order valence-electron chi connectivity index (χ1n) is 5.87. The van der Waals surface area contributed by atoms with Gasteiger partial charge in [-0.3, -0.25) is 4.98 Å². The molecule has 17 heavy (non-hydrogen) atoms. The van der Waals surface area contributed by atoms with Gasteiger partial charge in [-0.25, -0.2) is 4.31 Å². The highest BCUT2D eigenvalue weighted by Gasteiger charge is 2.16. The fraction of sp³-hybridized carbons (Fsp3) is 0.615. The summed E-state index contributed by atoms with van der Waals surface area (Å²) in [5.41, 5.74) is 2.29. The number of hydrogen-bond acceptors (Lipinski definition) is 3. The Hall–Kier alpha value is -0.0600. The van der Waals surface area contributed by atoms with E-state index in [2.05, 4.69) is 59.0 Å². The molecule has 0 bridgehead atoms. The molecule has 0 saturated heterocycles. The third kappa shape index (κ3) is 5.40. The lowest BCUT2D eigenvalue weighted by molar-refractivity contribution is 0.482. The molecule has 0 amide bonds. The van der Waals surface area contributed by atoms with Crippen molar-refractivity contribution in [2.75, 3.05) is 6.54 Å². The molecule has 0 fully saturated rings. The lowest BCUT2D eigenvalue weighted by Gasteiger charge is -2.27. The summed E-state index contributed by atoms with van der Waals surface area (Å²) >= 11 is 5.43. The summed E-state index contributed by atoms with van der Waals surface area (Å²) < 4.78 is 3.72. The van der Waals surface area contributed by atoms with Crippen molar-refractivity contribution in [3.63, 3.8) is 0 Å². The van der Waals surface area contributed by atoms with Crippen LogP contribution in [0, 0.1) is 6.92 Å². The number of hydrogen-bond donors (Lipinski definition) is 0. The second-order valence-corrected chi connectivity index (χ2v) is 7.85. The molecule has 1 aromatic rings. The van der Waals surface area contributed by atoms with Crippen LogP contribution in [0.3, 0.4) is 0 Å². The van der Waals surface area contributed by atoms with E-state index in [1.807, 2.05) is 25.1 Å². The molecule has 0 aliphatic rings. The van der Waals surface area contributed by atoms with Crippen molar-refractivity contribution in [3.05, 3.63) is 28.0 Å². The molecule has 4 heteroatoms. The minimum atomic E-state index is 0.255. The van der Waals surface area contributed by atoms with Gasteiger partial charge in [-0.1, -0.05) is 18.9 Å². The first-order chi connectivity index (χ1) is 7.81. The van der Waals surface area contributed by atoms with E-state index >= 15 is 0 Å². The Balaban J connectivity index is 2.70. The lowest BCUT2D eigenvalue weighted by Crippen LogP contribution is -2.22. The maximum Gasteiger partial charge on any atom is 0.0514 e. The van der Waals surface area contributed by atoms with Gasteiger partial charge in [-0.2, -0.15) is 0 Å². The molecule has 0 unspecified atom stereocenters. The topological polar surface area (TPSA) is 16.1 Å². The summed E-state index contributed by atoms with van der Waals surface area (Å²) in [6.45, 7) is 12.9. The normalized spacial score (nSPS) is 12.2. The van der Waals surface area contributed by atoms with Crippen LogP contribution in [-0.4, -0.2) is 20.6 Å². The van der Waals surface area contributed by atoms with Crippen molar-refractivity contribution < 1.29 is 0 Å². The Morgan fingerprint density at radius 3 is 2.53 bits per heavy atom. The van der Waals surface area contributed by atoms with Gasteiger partial charge in [0.2, 0.25) is 0 Å². The zero-order valence-electron chi connectivity index (χ0n) is 11.2. The van der Waals surface area contributed by atoms with E-state index in [1.165, 1.54) is 5.56 Å². The first-order valence-corrected chi connectivity index (χ1v) is 7.43. The fourth-order valence-corrected chi connectivity index (χ4v) is 2.95. The van der Waals surface area contributed by atoms with E-state index in [9.17, 15) is 0 Å². The molecule has 1 aromatic heterocycles. The summed E-state index contributed by atoms with van der Waals surface area (Å²) in [7, 11) is 0. The number of rotatable bonds is 4. The van der Waals surface area contributed by atoms with Gasteiger partial charge in [0.1, 0.15) is 0 Å². The second-order valence-electron chi connectivity index (χ2n) is 5.07. The number of aryl methyl sites for hydroxylation is 1. The van der Waals surface area contributed by atoms with Crippen LogP contribution >= 0.6 is 27.9 Å². The van der Waals surface area contributed by atoms with E-state index in [4.69, 9.17) is 0 Å². The molecule has 1 heterocycles. The van der Waals surface area contributed by atoms with Gasteiger partial charge in [0, 0.05) is 28.5 Å². The van der Waals surface area contributed by atoms with E-state index in [0.717, 1.165) is 23.3 Å². The molecule has 0 aliphatic carbocycles. The van der Waals surface area contributed by atoms with Crippen molar-refractivity contribution in [2.45, 2.75) is 45.9 Å². The van der Waals surface area contributed by atoms with Crippen LogP contribution in [0.15, 0.2) is 16.7 Å². The zero-order valence-corrected chi connectivity index (χ0v) is 13.7. The van der Waals surface area contributed by atoms with Crippen molar-refractivity contribution in [1.82, 2.24) is 9.29 Å². The smallest absolute Gasteiger partial charge is 0.0514 e. The zero-order chi connectivity index (χ0) is 13.1. The molecule has 0 saturated carbocycles. The Morgan fingerprint density at radius 1 is 1.41 bits per heavy atom. The van der Waals surface area contributed by atoms with Crippen LogP contribution in [0.4, 0.5) is 0 Å². The number of nitrogens with zero attached hydrogens (tertiary/aromatic N) is 2. The molecule has 0 radical (unpaired) electrons. The van der Waals surface area contributed by atoms with E-state index in [-0.39, 0.29) is 4.75 Å². The highest BCUT2D eigenvalue weighted by atomic mass is 79.9. The maximum absolute atomic E-state index is 4.38. The minimum absolute atomic E-state index is 0.255. The van der Waals surface area contributed by atoms with Crippen molar-refractivity contribution >= 4 is 27.9 Å². The van der Waals surface area contributed by atoms with Gasteiger partial charge in [-0.05, 0) is 55.3 Å².